The highest BCUT2D eigenvalue weighted by molar-refractivity contribution is 6.31. The van der Waals surface area contributed by atoms with Crippen LogP contribution in [0.15, 0.2) is 42.5 Å². The van der Waals surface area contributed by atoms with Crippen LogP contribution < -0.4 is 5.32 Å². The number of hydrogen-bond donors (Lipinski definition) is 1. The van der Waals surface area contributed by atoms with Crippen LogP contribution in [0.1, 0.15) is 27.2 Å². The third kappa shape index (κ3) is 3.72. The van der Waals surface area contributed by atoms with Gasteiger partial charge < -0.3 is 5.32 Å². The third-order valence-electron chi connectivity index (χ3n) is 3.70. The molecule has 0 saturated heterocycles. The molecule has 0 spiro atoms. The van der Waals surface area contributed by atoms with Gasteiger partial charge in [0, 0.05) is 11.1 Å². The molecule has 0 saturated carbocycles. The fourth-order valence-electron chi connectivity index (χ4n) is 2.71. The van der Waals surface area contributed by atoms with Crippen molar-refractivity contribution in [3.05, 3.63) is 75.7 Å². The van der Waals surface area contributed by atoms with E-state index >= 15 is 0 Å². The summed E-state index contributed by atoms with van der Waals surface area (Å²) in [5.74, 6) is -0.742. The number of amides is 1. The monoisotopic (exact) mass is 357 g/mol. The molecule has 0 fully saturated rings. The highest BCUT2D eigenvalue weighted by Gasteiger charge is 2.16. The van der Waals surface area contributed by atoms with E-state index in [4.69, 9.17) is 11.6 Å². The Morgan fingerprint density at radius 1 is 1.08 bits per heavy atom. The summed E-state index contributed by atoms with van der Waals surface area (Å²) in [6, 6.07) is 11.6. The van der Waals surface area contributed by atoms with Gasteiger partial charge in [-0.15, -0.1) is 0 Å². The zero-order chi connectivity index (χ0) is 18.1. The molecule has 0 unspecified atom stereocenters. The molecule has 0 atom stereocenters. The lowest BCUT2D eigenvalue weighted by atomic mass is 10.1. The number of nitrogens with one attached hydrogen (secondary N) is 1. The zero-order valence-electron chi connectivity index (χ0n) is 14.1. The molecular formula is C19H17ClFN3O. The largest absolute Gasteiger partial charge is 0.306 e. The Balaban J connectivity index is 1.99. The number of nitrogens with zero attached hydrogens (tertiary/aromatic N) is 2. The van der Waals surface area contributed by atoms with Crippen LogP contribution in [-0.2, 0) is 0 Å². The second kappa shape index (κ2) is 6.69. The average molecular weight is 358 g/mol. The lowest BCUT2D eigenvalue weighted by Gasteiger charge is -2.11. The molecule has 1 heterocycles. The minimum atomic E-state index is -0.629. The third-order valence-corrected chi connectivity index (χ3v) is 3.93. The number of halogens is 2. The van der Waals surface area contributed by atoms with Crippen LogP contribution in [0.3, 0.4) is 0 Å². The lowest BCUT2D eigenvalue weighted by Crippen LogP contribution is -2.16. The van der Waals surface area contributed by atoms with Crippen molar-refractivity contribution in [3.63, 3.8) is 0 Å². The smallest absolute Gasteiger partial charge is 0.259 e. The van der Waals surface area contributed by atoms with Crippen LogP contribution in [0.5, 0.6) is 0 Å². The van der Waals surface area contributed by atoms with E-state index in [1.165, 1.54) is 18.2 Å². The Labute approximate surface area is 150 Å². The maximum Gasteiger partial charge on any atom is 0.259 e. The van der Waals surface area contributed by atoms with E-state index in [0.717, 1.165) is 22.5 Å². The summed E-state index contributed by atoms with van der Waals surface area (Å²) in [5, 5.41) is 7.44. The van der Waals surface area contributed by atoms with Gasteiger partial charge in [-0.25, -0.2) is 9.07 Å². The van der Waals surface area contributed by atoms with E-state index in [1.54, 1.807) is 10.7 Å². The second-order valence-corrected chi connectivity index (χ2v) is 6.44. The number of carbonyl (C=O) groups is 1. The van der Waals surface area contributed by atoms with Gasteiger partial charge in [0.25, 0.3) is 5.91 Å². The first kappa shape index (κ1) is 17.2. The molecule has 128 valence electrons. The molecule has 2 aromatic carbocycles. The molecule has 25 heavy (non-hydrogen) atoms. The van der Waals surface area contributed by atoms with Crippen molar-refractivity contribution in [1.29, 1.82) is 0 Å². The number of aromatic nitrogens is 2. The van der Waals surface area contributed by atoms with Gasteiger partial charge in [-0.3, -0.25) is 4.79 Å². The molecule has 4 nitrogen and oxygen atoms in total. The van der Waals surface area contributed by atoms with Crippen molar-refractivity contribution in [2.75, 3.05) is 5.32 Å². The van der Waals surface area contributed by atoms with E-state index in [2.05, 4.69) is 16.5 Å². The molecule has 0 radical (unpaired) electrons. The maximum atomic E-state index is 13.9. The topological polar surface area (TPSA) is 46.9 Å². The molecular weight excluding hydrogens is 341 g/mol. The van der Waals surface area contributed by atoms with Crippen molar-refractivity contribution in [2.45, 2.75) is 20.8 Å². The first-order valence-corrected chi connectivity index (χ1v) is 8.13. The fourth-order valence-corrected chi connectivity index (χ4v) is 2.89. The van der Waals surface area contributed by atoms with E-state index in [9.17, 15) is 9.18 Å². The maximum absolute atomic E-state index is 13.9. The number of anilines is 1. The summed E-state index contributed by atoms with van der Waals surface area (Å²) in [7, 11) is 0. The molecule has 0 aliphatic heterocycles. The zero-order valence-corrected chi connectivity index (χ0v) is 14.9. The van der Waals surface area contributed by atoms with Crippen molar-refractivity contribution in [2.24, 2.45) is 0 Å². The van der Waals surface area contributed by atoms with Crippen LogP contribution >= 0.6 is 11.6 Å². The number of benzene rings is 2. The minimum absolute atomic E-state index is 0.113. The van der Waals surface area contributed by atoms with Gasteiger partial charge in [0.1, 0.15) is 11.6 Å². The summed E-state index contributed by atoms with van der Waals surface area (Å²) in [6.07, 6.45) is 0. The van der Waals surface area contributed by atoms with Gasteiger partial charge in [0.05, 0.1) is 16.9 Å². The van der Waals surface area contributed by atoms with E-state index in [0.29, 0.717) is 10.8 Å². The van der Waals surface area contributed by atoms with E-state index < -0.39 is 11.7 Å². The van der Waals surface area contributed by atoms with Crippen LogP contribution in [0.25, 0.3) is 5.69 Å². The van der Waals surface area contributed by atoms with Gasteiger partial charge in [0.15, 0.2) is 0 Å². The van der Waals surface area contributed by atoms with Crippen LogP contribution in [-0.4, -0.2) is 15.7 Å². The second-order valence-electron chi connectivity index (χ2n) is 6.01. The Morgan fingerprint density at radius 3 is 2.44 bits per heavy atom. The first-order chi connectivity index (χ1) is 11.8. The van der Waals surface area contributed by atoms with Crippen molar-refractivity contribution < 1.29 is 9.18 Å². The fraction of sp³-hybridized carbons (Fsp3) is 0.158. The highest BCUT2D eigenvalue weighted by Crippen LogP contribution is 2.22. The van der Waals surface area contributed by atoms with Crippen molar-refractivity contribution in [1.82, 2.24) is 9.78 Å². The quantitative estimate of drug-likeness (QED) is 0.728. The molecule has 0 bridgehead atoms. The highest BCUT2D eigenvalue weighted by atomic mass is 35.5. The molecule has 3 rings (SSSR count). The Hall–Kier alpha value is -2.66. The van der Waals surface area contributed by atoms with Gasteiger partial charge in [-0.2, -0.15) is 5.10 Å². The lowest BCUT2D eigenvalue weighted by molar-refractivity contribution is 0.102. The molecule has 1 aromatic heterocycles. The van der Waals surface area contributed by atoms with Crippen LogP contribution in [0.2, 0.25) is 5.02 Å². The molecule has 1 amide bonds. The summed E-state index contributed by atoms with van der Waals surface area (Å²) < 4.78 is 15.6. The normalized spacial score (nSPS) is 10.8. The molecule has 0 aliphatic rings. The SMILES string of the molecule is Cc1cc(C)cc(-n2nc(C)cc2NC(=O)c2cc(Cl)ccc2F)c1. The standard InChI is InChI=1S/C19H17ClFN3O/c1-11-6-12(2)8-15(7-11)24-18(9-13(3)23-24)22-19(25)16-10-14(20)4-5-17(16)21/h4-10H,1-3H3,(H,22,25). The van der Waals surface area contributed by atoms with Crippen LogP contribution in [0, 0.1) is 26.6 Å². The van der Waals surface area contributed by atoms with E-state index in [-0.39, 0.29) is 5.56 Å². The Bertz CT molecular complexity index is 945. The van der Waals surface area contributed by atoms with Gasteiger partial charge in [-0.05, 0) is 62.2 Å². The summed E-state index contributed by atoms with van der Waals surface area (Å²) in [5.41, 5.74) is 3.62. The minimum Gasteiger partial charge on any atom is -0.306 e. The molecule has 3 aromatic rings. The van der Waals surface area contributed by atoms with Gasteiger partial charge >= 0.3 is 0 Å². The molecule has 6 heteroatoms. The number of carbonyl (C=O) groups excluding carboxylic acids is 1. The van der Waals surface area contributed by atoms with Gasteiger partial charge in [-0.1, -0.05) is 17.7 Å². The molecule has 1 N–H and O–H groups in total. The first-order valence-electron chi connectivity index (χ1n) is 7.75. The van der Waals surface area contributed by atoms with Crippen molar-refractivity contribution in [3.8, 4) is 5.69 Å². The Morgan fingerprint density at radius 2 is 1.76 bits per heavy atom. The summed E-state index contributed by atoms with van der Waals surface area (Å²) in [4.78, 5) is 12.5. The Kier molecular flexibility index (Phi) is 4.59. The van der Waals surface area contributed by atoms with Crippen molar-refractivity contribution >= 4 is 23.3 Å². The van der Waals surface area contributed by atoms with E-state index in [1.807, 2.05) is 32.9 Å². The number of hydrogen-bond acceptors (Lipinski definition) is 2. The molecule has 0 aliphatic carbocycles. The number of rotatable bonds is 3. The van der Waals surface area contributed by atoms with Crippen LogP contribution in [0.4, 0.5) is 10.2 Å². The van der Waals surface area contributed by atoms with Gasteiger partial charge in [0.2, 0.25) is 0 Å². The number of aryl methyl sites for hydroxylation is 3. The summed E-state index contributed by atoms with van der Waals surface area (Å²) in [6.45, 7) is 5.81. The predicted octanol–water partition coefficient (Wildman–Crippen LogP) is 4.84. The average Bonchev–Trinajstić information content (AvgIpc) is 2.89. The summed E-state index contributed by atoms with van der Waals surface area (Å²) >= 11 is 5.87. The predicted molar refractivity (Wildman–Crippen MR) is 97.1 cm³/mol.